The van der Waals surface area contributed by atoms with Crippen LogP contribution in [0, 0.1) is 6.92 Å². The van der Waals surface area contributed by atoms with Crippen molar-refractivity contribution in [2.75, 3.05) is 14.1 Å². The molecule has 0 unspecified atom stereocenters. The van der Waals surface area contributed by atoms with Gasteiger partial charge in [0, 0.05) is 14.1 Å². The van der Waals surface area contributed by atoms with E-state index >= 15 is 0 Å². The highest BCUT2D eigenvalue weighted by atomic mass is 35.5. The monoisotopic (exact) mass is 337 g/mol. The number of hydrogen-bond donors (Lipinski definition) is 1. The minimum absolute atomic E-state index is 0. The molecular weight excluding hydrogens is 318 g/mol. The molecule has 0 bridgehead atoms. The van der Waals surface area contributed by atoms with Gasteiger partial charge in [-0.1, -0.05) is 5.16 Å². The Labute approximate surface area is 140 Å². The molecule has 0 atom stereocenters. The molecule has 8 heteroatoms. The summed E-state index contributed by atoms with van der Waals surface area (Å²) in [6, 6.07) is 3.44. The number of carbonyl (C=O) groups excluding carboxylic acids is 1. The van der Waals surface area contributed by atoms with Gasteiger partial charge in [0.05, 0.1) is 16.8 Å². The third-order valence-corrected chi connectivity index (χ3v) is 4.06. The molecule has 124 valence electrons. The van der Waals surface area contributed by atoms with Crippen LogP contribution in [0.3, 0.4) is 0 Å². The summed E-state index contributed by atoms with van der Waals surface area (Å²) in [4.78, 5) is 22.1. The fourth-order valence-corrected chi connectivity index (χ4v) is 2.45. The lowest BCUT2D eigenvalue weighted by Gasteiger charge is -2.34. The Morgan fingerprint density at radius 1 is 1.30 bits per heavy atom. The molecule has 0 spiro atoms. The van der Waals surface area contributed by atoms with Crippen molar-refractivity contribution in [3.05, 3.63) is 29.3 Å². The fraction of sp³-hybridized carbons (Fsp3) is 0.467. The Hall–Kier alpha value is -1.99. The van der Waals surface area contributed by atoms with Gasteiger partial charge in [-0.15, -0.1) is 12.4 Å². The molecule has 1 aliphatic carbocycles. The summed E-state index contributed by atoms with van der Waals surface area (Å²) in [6.07, 6.45) is 2.83. The Morgan fingerprint density at radius 2 is 2.00 bits per heavy atom. The minimum atomic E-state index is -0.454. The molecule has 1 amide bonds. The standard InChI is InChI=1S/C15H19N5O2.ClH/c1-9-10(5-6-11(17-9)13(21)20(2)3)12-18-14(19-22-12)15(16)7-4-8-15;/h5-6H,4,7-8,16H2,1-3H3;1H. The Kier molecular flexibility index (Phi) is 4.72. The van der Waals surface area contributed by atoms with E-state index in [0.29, 0.717) is 23.1 Å². The number of carbonyl (C=O) groups is 1. The van der Waals surface area contributed by atoms with Crippen molar-refractivity contribution in [1.29, 1.82) is 0 Å². The van der Waals surface area contributed by atoms with E-state index < -0.39 is 5.54 Å². The molecule has 23 heavy (non-hydrogen) atoms. The smallest absolute Gasteiger partial charge is 0.271 e. The number of aromatic nitrogens is 3. The first kappa shape index (κ1) is 17.4. The third kappa shape index (κ3) is 3.07. The minimum Gasteiger partial charge on any atom is -0.343 e. The molecule has 3 rings (SSSR count). The summed E-state index contributed by atoms with van der Waals surface area (Å²) in [5.41, 5.74) is 7.52. The van der Waals surface area contributed by atoms with E-state index in [1.807, 2.05) is 6.92 Å². The topological polar surface area (TPSA) is 98.1 Å². The molecule has 1 fully saturated rings. The zero-order valence-corrected chi connectivity index (χ0v) is 14.2. The van der Waals surface area contributed by atoms with Crippen molar-refractivity contribution in [1.82, 2.24) is 20.0 Å². The van der Waals surface area contributed by atoms with Crippen molar-refractivity contribution >= 4 is 18.3 Å². The van der Waals surface area contributed by atoms with Crippen LogP contribution >= 0.6 is 12.4 Å². The van der Waals surface area contributed by atoms with Gasteiger partial charge in [0.15, 0.2) is 5.82 Å². The molecule has 7 nitrogen and oxygen atoms in total. The highest BCUT2D eigenvalue weighted by molar-refractivity contribution is 5.92. The molecule has 2 heterocycles. The number of nitrogens with two attached hydrogens (primary N) is 1. The van der Waals surface area contributed by atoms with E-state index in [1.165, 1.54) is 4.90 Å². The zero-order chi connectivity index (χ0) is 15.9. The van der Waals surface area contributed by atoms with Gasteiger partial charge >= 0.3 is 0 Å². The summed E-state index contributed by atoms with van der Waals surface area (Å²) in [5, 5.41) is 4.00. The van der Waals surface area contributed by atoms with E-state index in [2.05, 4.69) is 15.1 Å². The molecule has 1 aliphatic rings. The molecule has 2 N–H and O–H groups in total. The van der Waals surface area contributed by atoms with Crippen LogP contribution in [0.5, 0.6) is 0 Å². The first-order valence-electron chi connectivity index (χ1n) is 7.23. The summed E-state index contributed by atoms with van der Waals surface area (Å²) >= 11 is 0. The summed E-state index contributed by atoms with van der Waals surface area (Å²) < 4.78 is 5.32. The van der Waals surface area contributed by atoms with Crippen LogP contribution in [-0.2, 0) is 5.54 Å². The predicted molar refractivity (Wildman–Crippen MR) is 87.2 cm³/mol. The highest BCUT2D eigenvalue weighted by Gasteiger charge is 2.39. The van der Waals surface area contributed by atoms with Gasteiger partial charge in [0.25, 0.3) is 11.8 Å². The van der Waals surface area contributed by atoms with E-state index in [9.17, 15) is 4.79 Å². The van der Waals surface area contributed by atoms with Gasteiger partial charge in [0.2, 0.25) is 0 Å². The molecule has 0 aliphatic heterocycles. The summed E-state index contributed by atoms with van der Waals surface area (Å²) in [6.45, 7) is 1.81. The average molecular weight is 338 g/mol. The third-order valence-electron chi connectivity index (χ3n) is 4.06. The molecule has 1 saturated carbocycles. The van der Waals surface area contributed by atoms with Gasteiger partial charge in [-0.05, 0) is 38.3 Å². The second-order valence-electron chi connectivity index (χ2n) is 5.96. The molecule has 2 aromatic heterocycles. The first-order valence-corrected chi connectivity index (χ1v) is 7.23. The Bertz CT molecular complexity index is 724. The van der Waals surface area contributed by atoms with Crippen LogP contribution in [-0.4, -0.2) is 40.0 Å². The molecule has 0 aromatic carbocycles. The van der Waals surface area contributed by atoms with Crippen molar-refractivity contribution < 1.29 is 9.32 Å². The maximum absolute atomic E-state index is 11.9. The predicted octanol–water partition coefficient (Wildman–Crippen LogP) is 1.90. The van der Waals surface area contributed by atoms with Crippen molar-refractivity contribution in [3.63, 3.8) is 0 Å². The molecule has 2 aromatic rings. The van der Waals surface area contributed by atoms with Crippen LogP contribution in [0.4, 0.5) is 0 Å². The number of nitrogens with zero attached hydrogens (tertiary/aromatic N) is 4. The molecular formula is C15H20ClN5O2. The normalized spacial score (nSPS) is 15.5. The number of halogens is 1. The first-order chi connectivity index (χ1) is 10.4. The summed E-state index contributed by atoms with van der Waals surface area (Å²) in [5.74, 6) is 0.790. The van der Waals surface area contributed by atoms with Gasteiger partial charge < -0.3 is 15.2 Å². The summed E-state index contributed by atoms with van der Waals surface area (Å²) in [7, 11) is 3.38. The second kappa shape index (κ2) is 6.25. The van der Waals surface area contributed by atoms with E-state index in [4.69, 9.17) is 10.3 Å². The maximum atomic E-state index is 11.9. The van der Waals surface area contributed by atoms with Crippen molar-refractivity contribution in [2.45, 2.75) is 31.7 Å². The van der Waals surface area contributed by atoms with Gasteiger partial charge in [-0.25, -0.2) is 4.98 Å². The van der Waals surface area contributed by atoms with Gasteiger partial charge in [-0.3, -0.25) is 4.79 Å². The zero-order valence-electron chi connectivity index (χ0n) is 13.4. The van der Waals surface area contributed by atoms with Crippen LogP contribution in [0.1, 0.15) is 41.3 Å². The van der Waals surface area contributed by atoms with E-state index in [0.717, 1.165) is 24.8 Å². The van der Waals surface area contributed by atoms with Crippen LogP contribution in [0.25, 0.3) is 11.5 Å². The van der Waals surface area contributed by atoms with Crippen molar-refractivity contribution in [3.8, 4) is 11.5 Å². The van der Waals surface area contributed by atoms with Crippen molar-refractivity contribution in [2.24, 2.45) is 5.73 Å². The largest absolute Gasteiger partial charge is 0.343 e. The number of amides is 1. The molecule has 0 saturated heterocycles. The Balaban J connectivity index is 0.00000192. The lowest BCUT2D eigenvalue weighted by Crippen LogP contribution is -2.44. The number of aryl methyl sites for hydroxylation is 1. The lowest BCUT2D eigenvalue weighted by molar-refractivity contribution is 0.0822. The number of pyridine rings is 1. The van der Waals surface area contributed by atoms with Crippen LogP contribution < -0.4 is 5.73 Å². The van der Waals surface area contributed by atoms with Crippen LogP contribution in [0.15, 0.2) is 16.7 Å². The van der Waals surface area contributed by atoms with Gasteiger partial charge in [-0.2, -0.15) is 4.98 Å². The molecule has 0 radical (unpaired) electrons. The van der Waals surface area contributed by atoms with Crippen LogP contribution in [0.2, 0.25) is 0 Å². The highest BCUT2D eigenvalue weighted by Crippen LogP contribution is 2.37. The van der Waals surface area contributed by atoms with E-state index in [-0.39, 0.29) is 18.3 Å². The number of rotatable bonds is 3. The SMILES string of the molecule is Cc1nc(C(=O)N(C)C)ccc1-c1nc(C2(N)CCC2)no1.Cl. The number of hydrogen-bond acceptors (Lipinski definition) is 6. The average Bonchev–Trinajstić information content (AvgIpc) is 2.93. The maximum Gasteiger partial charge on any atom is 0.271 e. The van der Waals surface area contributed by atoms with Gasteiger partial charge in [0.1, 0.15) is 5.69 Å². The Morgan fingerprint density at radius 3 is 2.52 bits per heavy atom. The quantitative estimate of drug-likeness (QED) is 0.918. The second-order valence-corrected chi connectivity index (χ2v) is 5.96. The fourth-order valence-electron chi connectivity index (χ4n) is 2.45. The lowest BCUT2D eigenvalue weighted by atomic mass is 9.77. The van der Waals surface area contributed by atoms with E-state index in [1.54, 1.807) is 26.2 Å².